The van der Waals surface area contributed by atoms with E-state index in [1.54, 1.807) is 44.4 Å². The number of fused-ring (bicyclic) bond motifs is 2. The fourth-order valence-electron chi connectivity index (χ4n) is 5.57. The molecule has 4 amide bonds. The normalized spacial score (nSPS) is 25.9. The van der Waals surface area contributed by atoms with Crippen LogP contribution in [0.15, 0.2) is 24.3 Å². The number of carbonyl (C=O) groups is 4. The number of hydrogen-bond donors (Lipinski definition) is 2. The van der Waals surface area contributed by atoms with E-state index in [1.165, 1.54) is 17.5 Å². The van der Waals surface area contributed by atoms with Crippen LogP contribution in [-0.2, 0) is 25.5 Å². The minimum atomic E-state index is -0.828. The summed E-state index contributed by atoms with van der Waals surface area (Å²) in [7, 11) is 1.51. The summed E-state index contributed by atoms with van der Waals surface area (Å²) in [6.45, 7) is 6.90. The Balaban J connectivity index is 1.45. The highest BCUT2D eigenvalue weighted by Gasteiger charge is 2.44. The SMILES string of the molecule is C[C@@H](C(=O)N[C@H]1CCS[C@H]2CCCC(C(=O)N[C@@H]3CCCc4ccccc43)N2C1=O)N(C)C(=O)OC(C)(C)C. The maximum atomic E-state index is 13.8. The molecule has 0 aromatic heterocycles. The molecule has 2 saturated heterocycles. The molecule has 0 saturated carbocycles. The van der Waals surface area contributed by atoms with Crippen molar-refractivity contribution in [3.8, 4) is 0 Å². The van der Waals surface area contributed by atoms with Crippen molar-refractivity contribution < 1.29 is 23.9 Å². The van der Waals surface area contributed by atoms with Gasteiger partial charge in [0.1, 0.15) is 23.7 Å². The number of amides is 4. The number of nitrogens with zero attached hydrogens (tertiary/aromatic N) is 2. The van der Waals surface area contributed by atoms with E-state index in [4.69, 9.17) is 4.74 Å². The van der Waals surface area contributed by atoms with E-state index in [0.717, 1.165) is 37.7 Å². The molecular formula is C29H42N4O5S. The molecule has 3 aliphatic rings. The number of benzene rings is 1. The Labute approximate surface area is 235 Å². The Morgan fingerprint density at radius 3 is 2.54 bits per heavy atom. The first-order chi connectivity index (χ1) is 18.5. The Morgan fingerprint density at radius 1 is 1.05 bits per heavy atom. The maximum absolute atomic E-state index is 13.8. The smallest absolute Gasteiger partial charge is 0.410 e. The number of thioether (sulfide) groups is 1. The maximum Gasteiger partial charge on any atom is 0.410 e. The number of likely N-dealkylation sites (N-methyl/N-ethyl adjacent to an activating group) is 1. The van der Waals surface area contributed by atoms with Crippen LogP contribution in [0, 0.1) is 0 Å². The summed E-state index contributed by atoms with van der Waals surface area (Å²) in [5.74, 6) is -0.0879. The van der Waals surface area contributed by atoms with Crippen molar-refractivity contribution in [1.29, 1.82) is 0 Å². The predicted octanol–water partition coefficient (Wildman–Crippen LogP) is 3.76. The number of rotatable bonds is 5. The molecule has 1 aromatic rings. The van der Waals surface area contributed by atoms with Crippen LogP contribution < -0.4 is 10.6 Å². The largest absolute Gasteiger partial charge is 0.444 e. The zero-order valence-electron chi connectivity index (χ0n) is 23.7. The molecule has 2 fully saturated rings. The third-order valence-corrected chi connectivity index (χ3v) is 9.11. The highest BCUT2D eigenvalue weighted by atomic mass is 32.2. The summed E-state index contributed by atoms with van der Waals surface area (Å²) >= 11 is 1.67. The summed E-state index contributed by atoms with van der Waals surface area (Å²) in [4.78, 5) is 56.0. The molecule has 2 N–H and O–H groups in total. The summed E-state index contributed by atoms with van der Waals surface area (Å²) < 4.78 is 5.38. The molecule has 2 aliphatic heterocycles. The van der Waals surface area contributed by atoms with Crippen molar-refractivity contribution in [1.82, 2.24) is 20.4 Å². The van der Waals surface area contributed by atoms with E-state index < -0.39 is 35.7 Å². The Kier molecular flexibility index (Phi) is 9.14. The van der Waals surface area contributed by atoms with Crippen LogP contribution in [0.25, 0.3) is 0 Å². The molecule has 1 aromatic carbocycles. The number of piperidine rings is 1. The van der Waals surface area contributed by atoms with E-state index in [1.807, 2.05) is 12.1 Å². The van der Waals surface area contributed by atoms with Gasteiger partial charge in [-0.1, -0.05) is 24.3 Å². The van der Waals surface area contributed by atoms with Crippen LogP contribution in [0.4, 0.5) is 4.79 Å². The Morgan fingerprint density at radius 2 is 1.79 bits per heavy atom. The van der Waals surface area contributed by atoms with Crippen molar-refractivity contribution in [2.24, 2.45) is 0 Å². The van der Waals surface area contributed by atoms with Gasteiger partial charge in [0.05, 0.1) is 11.4 Å². The van der Waals surface area contributed by atoms with Crippen LogP contribution >= 0.6 is 11.8 Å². The third kappa shape index (κ3) is 6.88. The van der Waals surface area contributed by atoms with Gasteiger partial charge in [-0.05, 0) is 89.5 Å². The fourth-order valence-corrected chi connectivity index (χ4v) is 6.96. The minimum Gasteiger partial charge on any atom is -0.444 e. The number of hydrogen-bond acceptors (Lipinski definition) is 6. The van der Waals surface area contributed by atoms with Gasteiger partial charge in [-0.3, -0.25) is 19.3 Å². The van der Waals surface area contributed by atoms with Crippen LogP contribution in [0.3, 0.4) is 0 Å². The lowest BCUT2D eigenvalue weighted by atomic mass is 9.87. The minimum absolute atomic E-state index is 0.0581. The first-order valence-corrected chi connectivity index (χ1v) is 15.1. The average Bonchev–Trinajstić information content (AvgIpc) is 3.05. The molecule has 9 nitrogen and oxygen atoms in total. The summed E-state index contributed by atoms with van der Waals surface area (Å²) in [5, 5.41) is 6.03. The third-order valence-electron chi connectivity index (χ3n) is 7.79. The number of carbonyl (C=O) groups excluding carboxylic acids is 4. The molecule has 10 heteroatoms. The quantitative estimate of drug-likeness (QED) is 0.570. The lowest BCUT2D eigenvalue weighted by Gasteiger charge is -2.41. The first kappa shape index (κ1) is 29.2. The number of ether oxygens (including phenoxy) is 1. The van der Waals surface area contributed by atoms with Crippen molar-refractivity contribution in [2.45, 2.75) is 108 Å². The van der Waals surface area contributed by atoms with Gasteiger partial charge < -0.3 is 20.3 Å². The summed E-state index contributed by atoms with van der Waals surface area (Å²) in [6.07, 6.45) is 5.06. The van der Waals surface area contributed by atoms with Crippen LogP contribution in [0.5, 0.6) is 0 Å². The second-order valence-electron chi connectivity index (χ2n) is 11.8. The first-order valence-electron chi connectivity index (χ1n) is 14.0. The van der Waals surface area contributed by atoms with Gasteiger partial charge in [0, 0.05) is 7.05 Å². The summed E-state index contributed by atoms with van der Waals surface area (Å²) in [5.41, 5.74) is 1.74. The van der Waals surface area contributed by atoms with Gasteiger partial charge in [-0.2, -0.15) is 0 Å². The van der Waals surface area contributed by atoms with Gasteiger partial charge in [-0.25, -0.2) is 4.79 Å². The molecule has 5 atom stereocenters. The van der Waals surface area contributed by atoms with Gasteiger partial charge in [0.25, 0.3) is 0 Å². The highest BCUT2D eigenvalue weighted by molar-refractivity contribution is 7.99. The fraction of sp³-hybridized carbons (Fsp3) is 0.655. The van der Waals surface area contributed by atoms with E-state index in [-0.39, 0.29) is 23.2 Å². The molecule has 1 aliphatic carbocycles. The van der Waals surface area contributed by atoms with Crippen molar-refractivity contribution in [3.05, 3.63) is 35.4 Å². The van der Waals surface area contributed by atoms with E-state index in [9.17, 15) is 19.2 Å². The van der Waals surface area contributed by atoms with Crippen molar-refractivity contribution in [3.63, 3.8) is 0 Å². The molecule has 214 valence electrons. The molecule has 1 unspecified atom stereocenters. The molecule has 0 radical (unpaired) electrons. The van der Waals surface area contributed by atoms with Crippen molar-refractivity contribution >= 4 is 35.6 Å². The molecular weight excluding hydrogens is 516 g/mol. The van der Waals surface area contributed by atoms with Gasteiger partial charge >= 0.3 is 6.09 Å². The number of aryl methyl sites for hydroxylation is 1. The van der Waals surface area contributed by atoms with Gasteiger partial charge in [0.2, 0.25) is 17.7 Å². The van der Waals surface area contributed by atoms with Crippen molar-refractivity contribution in [2.75, 3.05) is 12.8 Å². The zero-order valence-corrected chi connectivity index (χ0v) is 24.5. The topological polar surface area (TPSA) is 108 Å². The number of nitrogens with one attached hydrogen (secondary N) is 2. The zero-order chi connectivity index (χ0) is 28.3. The monoisotopic (exact) mass is 558 g/mol. The van der Waals surface area contributed by atoms with E-state index in [2.05, 4.69) is 22.8 Å². The van der Waals surface area contributed by atoms with Gasteiger partial charge in [-0.15, -0.1) is 11.8 Å². The standard InChI is InChI=1S/C29H42N4O5S/c1-18(32(5)28(37)38-29(2,3)4)25(34)31-22-16-17-39-24-15-9-14-23(33(24)27(22)36)26(35)30-21-13-8-11-19-10-6-7-12-20(19)21/h6-7,10,12,18,21-24H,8-9,11,13-17H2,1-5H3,(H,30,35)(H,31,34)/t18-,21+,22-,23?,24-/m0/s1. The molecule has 4 rings (SSSR count). The highest BCUT2D eigenvalue weighted by Crippen LogP contribution is 2.35. The molecule has 0 spiro atoms. The molecule has 2 heterocycles. The predicted molar refractivity (Wildman–Crippen MR) is 151 cm³/mol. The van der Waals surface area contributed by atoms with Gasteiger partial charge in [0.15, 0.2) is 0 Å². The molecule has 39 heavy (non-hydrogen) atoms. The average molecular weight is 559 g/mol. The lowest BCUT2D eigenvalue weighted by Crippen LogP contribution is -2.60. The Bertz CT molecular complexity index is 1090. The molecule has 0 bridgehead atoms. The lowest BCUT2D eigenvalue weighted by molar-refractivity contribution is -0.146. The van der Waals surface area contributed by atoms with E-state index in [0.29, 0.717) is 18.6 Å². The Hall–Kier alpha value is -2.75. The van der Waals surface area contributed by atoms with Crippen LogP contribution in [0.1, 0.15) is 83.4 Å². The van der Waals surface area contributed by atoms with Crippen LogP contribution in [0.2, 0.25) is 0 Å². The second-order valence-corrected chi connectivity index (χ2v) is 13.1. The summed E-state index contributed by atoms with van der Waals surface area (Å²) in [6, 6.07) is 6.02. The van der Waals surface area contributed by atoms with Crippen LogP contribution in [-0.4, -0.2) is 75.5 Å². The van der Waals surface area contributed by atoms with E-state index >= 15 is 0 Å². The second kappa shape index (κ2) is 12.2.